The summed E-state index contributed by atoms with van der Waals surface area (Å²) in [5, 5.41) is 11.6. The molecule has 1 aliphatic heterocycles. The van der Waals surface area contributed by atoms with Crippen LogP contribution in [0, 0.1) is 0 Å². The second-order valence-corrected chi connectivity index (χ2v) is 5.84. The molecule has 1 aromatic heterocycles. The van der Waals surface area contributed by atoms with Gasteiger partial charge in [-0.15, -0.1) is 5.10 Å². The van der Waals surface area contributed by atoms with Gasteiger partial charge < -0.3 is 15.0 Å². The fourth-order valence-electron chi connectivity index (χ4n) is 2.36. The van der Waals surface area contributed by atoms with Gasteiger partial charge in [-0.3, -0.25) is 0 Å². The molecule has 1 aliphatic rings. The third-order valence-electron chi connectivity index (χ3n) is 3.73. The highest BCUT2D eigenvalue weighted by Crippen LogP contribution is 2.16. The van der Waals surface area contributed by atoms with Crippen LogP contribution in [0.1, 0.15) is 38.8 Å². The summed E-state index contributed by atoms with van der Waals surface area (Å²) in [4.78, 5) is 2.37. The zero-order valence-corrected chi connectivity index (χ0v) is 12.8. The molecule has 2 rings (SSSR count). The van der Waals surface area contributed by atoms with Crippen molar-refractivity contribution in [1.29, 1.82) is 0 Å². The lowest BCUT2D eigenvalue weighted by molar-refractivity contribution is 0.122. The van der Waals surface area contributed by atoms with Crippen LogP contribution in [-0.4, -0.2) is 47.4 Å². The molecule has 1 fully saturated rings. The third kappa shape index (κ3) is 4.72. The number of likely N-dealkylation sites (tertiary alicyclic amines) is 1. The zero-order valence-electron chi connectivity index (χ0n) is 12.8. The summed E-state index contributed by atoms with van der Waals surface area (Å²) in [6, 6.07) is 4.84. The minimum Gasteiger partial charge on any atom is -0.475 e. The predicted molar refractivity (Wildman–Crippen MR) is 79.8 cm³/mol. The lowest BCUT2D eigenvalue weighted by Crippen LogP contribution is -2.40. The summed E-state index contributed by atoms with van der Waals surface area (Å²) >= 11 is 0. The molecule has 1 aromatic rings. The van der Waals surface area contributed by atoms with E-state index in [0.29, 0.717) is 24.6 Å². The molecule has 0 aliphatic carbocycles. The molecule has 1 atom stereocenters. The second kappa shape index (κ2) is 7.55. The van der Waals surface area contributed by atoms with E-state index in [2.05, 4.69) is 41.3 Å². The highest BCUT2D eigenvalue weighted by molar-refractivity contribution is 5.11. The van der Waals surface area contributed by atoms with Crippen LogP contribution in [0.5, 0.6) is 5.88 Å². The average Bonchev–Trinajstić information content (AvgIpc) is 2.45. The largest absolute Gasteiger partial charge is 0.475 e. The fraction of sp³-hybridized carbons (Fsp3) is 0.733. The highest BCUT2D eigenvalue weighted by atomic mass is 16.5. The van der Waals surface area contributed by atoms with E-state index in [-0.39, 0.29) is 0 Å². The molecule has 2 heterocycles. The minimum absolute atomic E-state index is 0.453. The summed E-state index contributed by atoms with van der Waals surface area (Å²) in [5.74, 6) is 0.622. The normalized spacial score (nSPS) is 20.3. The van der Waals surface area contributed by atoms with E-state index in [1.54, 1.807) is 0 Å². The highest BCUT2D eigenvalue weighted by Gasteiger charge is 2.19. The van der Waals surface area contributed by atoms with Gasteiger partial charge in [-0.25, -0.2) is 0 Å². The van der Waals surface area contributed by atoms with E-state index in [9.17, 15) is 0 Å². The Bertz CT molecular complexity index is 393. The number of ether oxygens (including phenoxy) is 1. The Morgan fingerprint density at radius 1 is 1.35 bits per heavy atom. The summed E-state index contributed by atoms with van der Waals surface area (Å²) in [5.41, 5.74) is 0.945. The number of hydrogen-bond donors (Lipinski definition) is 1. The minimum atomic E-state index is 0.453. The van der Waals surface area contributed by atoms with Gasteiger partial charge >= 0.3 is 0 Å². The Kier molecular flexibility index (Phi) is 5.73. The van der Waals surface area contributed by atoms with Crippen molar-refractivity contribution in [3.05, 3.63) is 17.8 Å². The molecule has 1 saturated heterocycles. The molecule has 5 nitrogen and oxygen atoms in total. The van der Waals surface area contributed by atoms with Crippen LogP contribution in [0.3, 0.4) is 0 Å². The Balaban J connectivity index is 1.78. The van der Waals surface area contributed by atoms with Crippen LogP contribution in [0.4, 0.5) is 0 Å². The van der Waals surface area contributed by atoms with Gasteiger partial charge in [-0.2, -0.15) is 5.10 Å². The number of piperidine rings is 1. The van der Waals surface area contributed by atoms with Gasteiger partial charge in [0, 0.05) is 24.7 Å². The van der Waals surface area contributed by atoms with Gasteiger partial charge in [-0.05, 0) is 32.5 Å². The Labute approximate surface area is 121 Å². The van der Waals surface area contributed by atoms with Gasteiger partial charge in [0.1, 0.15) is 6.61 Å². The Morgan fingerprint density at radius 3 is 2.85 bits per heavy atom. The molecule has 0 radical (unpaired) electrons. The predicted octanol–water partition coefficient (Wildman–Crippen LogP) is 1.84. The summed E-state index contributed by atoms with van der Waals surface area (Å²) in [6.07, 6.45) is 3.80. The second-order valence-electron chi connectivity index (χ2n) is 5.84. The van der Waals surface area contributed by atoms with Crippen molar-refractivity contribution in [2.45, 2.75) is 51.7 Å². The third-order valence-corrected chi connectivity index (χ3v) is 3.73. The van der Waals surface area contributed by atoms with Crippen molar-refractivity contribution in [1.82, 2.24) is 20.4 Å². The van der Waals surface area contributed by atoms with Crippen LogP contribution in [-0.2, 0) is 6.54 Å². The number of likely N-dealkylation sites (N-methyl/N-ethyl adjacent to an activating group) is 1. The number of hydrogen-bond acceptors (Lipinski definition) is 5. The molecular weight excluding hydrogens is 252 g/mol. The molecule has 0 aromatic carbocycles. The zero-order chi connectivity index (χ0) is 14.4. The maximum atomic E-state index is 5.76. The fourth-order valence-corrected chi connectivity index (χ4v) is 2.36. The van der Waals surface area contributed by atoms with Crippen LogP contribution in [0.25, 0.3) is 0 Å². The first-order valence-electron chi connectivity index (χ1n) is 7.54. The van der Waals surface area contributed by atoms with E-state index < -0.39 is 0 Å². The smallest absolute Gasteiger partial charge is 0.233 e. The van der Waals surface area contributed by atoms with Crippen molar-refractivity contribution in [3.8, 4) is 5.88 Å². The molecule has 1 unspecified atom stereocenters. The van der Waals surface area contributed by atoms with Gasteiger partial charge in [0.05, 0.1) is 5.69 Å². The van der Waals surface area contributed by atoms with Crippen molar-refractivity contribution in [2.75, 3.05) is 20.2 Å². The standard InChI is InChI=1S/C15H26N4O/c1-12(2)16-10-13-7-8-15(18-17-13)20-11-14-6-4-5-9-19(14)3/h7-8,12,14,16H,4-6,9-11H2,1-3H3. The van der Waals surface area contributed by atoms with Crippen LogP contribution >= 0.6 is 0 Å². The van der Waals surface area contributed by atoms with E-state index in [1.807, 2.05) is 12.1 Å². The lowest BCUT2D eigenvalue weighted by atomic mass is 10.0. The SMILES string of the molecule is CC(C)NCc1ccc(OCC2CCCCN2C)nn1. The van der Waals surface area contributed by atoms with Crippen molar-refractivity contribution in [2.24, 2.45) is 0 Å². The van der Waals surface area contributed by atoms with Crippen LogP contribution < -0.4 is 10.1 Å². The summed E-state index contributed by atoms with van der Waals surface area (Å²) < 4.78 is 5.76. The summed E-state index contributed by atoms with van der Waals surface area (Å²) in [7, 11) is 2.17. The number of rotatable bonds is 6. The number of nitrogens with one attached hydrogen (secondary N) is 1. The quantitative estimate of drug-likeness (QED) is 0.860. The molecule has 1 N–H and O–H groups in total. The lowest BCUT2D eigenvalue weighted by Gasteiger charge is -2.31. The number of aromatic nitrogens is 2. The van der Waals surface area contributed by atoms with Gasteiger partial charge in [0.15, 0.2) is 0 Å². The molecular formula is C15H26N4O. The molecule has 0 bridgehead atoms. The molecule has 112 valence electrons. The molecule has 0 spiro atoms. The van der Waals surface area contributed by atoms with Gasteiger partial charge in [0.2, 0.25) is 5.88 Å². The Morgan fingerprint density at radius 2 is 2.20 bits per heavy atom. The van der Waals surface area contributed by atoms with Gasteiger partial charge in [0.25, 0.3) is 0 Å². The molecule has 20 heavy (non-hydrogen) atoms. The average molecular weight is 278 g/mol. The Hall–Kier alpha value is -1.20. The first kappa shape index (κ1) is 15.2. The first-order valence-corrected chi connectivity index (χ1v) is 7.54. The van der Waals surface area contributed by atoms with Crippen LogP contribution in [0.2, 0.25) is 0 Å². The van der Waals surface area contributed by atoms with E-state index in [0.717, 1.165) is 12.2 Å². The first-order chi connectivity index (χ1) is 9.65. The molecule has 0 saturated carbocycles. The maximum Gasteiger partial charge on any atom is 0.233 e. The van der Waals surface area contributed by atoms with E-state index >= 15 is 0 Å². The van der Waals surface area contributed by atoms with E-state index in [1.165, 1.54) is 25.8 Å². The topological polar surface area (TPSA) is 50.3 Å². The van der Waals surface area contributed by atoms with Crippen molar-refractivity contribution < 1.29 is 4.74 Å². The monoisotopic (exact) mass is 278 g/mol. The van der Waals surface area contributed by atoms with Gasteiger partial charge in [-0.1, -0.05) is 20.3 Å². The molecule has 0 amide bonds. The maximum absolute atomic E-state index is 5.76. The number of nitrogens with zero attached hydrogens (tertiary/aromatic N) is 3. The van der Waals surface area contributed by atoms with Crippen molar-refractivity contribution in [3.63, 3.8) is 0 Å². The summed E-state index contributed by atoms with van der Waals surface area (Å²) in [6.45, 7) is 6.85. The van der Waals surface area contributed by atoms with Crippen LogP contribution in [0.15, 0.2) is 12.1 Å². The van der Waals surface area contributed by atoms with E-state index in [4.69, 9.17) is 4.74 Å². The van der Waals surface area contributed by atoms with Crippen molar-refractivity contribution >= 4 is 0 Å². The molecule has 5 heteroatoms.